The molecule has 3 aromatic carbocycles. The molecule has 2 N–H and O–H groups in total. The third kappa shape index (κ3) is 3.65. The summed E-state index contributed by atoms with van der Waals surface area (Å²) in [5.74, 6) is -0.193. The quantitative estimate of drug-likeness (QED) is 0.511. The van der Waals surface area contributed by atoms with Crippen LogP contribution in [0.3, 0.4) is 0 Å². The number of amides is 1. The molecule has 0 bridgehead atoms. The number of para-hydroxylation sites is 2. The molecule has 0 aliphatic heterocycles. The van der Waals surface area contributed by atoms with Crippen molar-refractivity contribution in [3.63, 3.8) is 0 Å². The Kier molecular flexibility index (Phi) is 5.14. The zero-order chi connectivity index (χ0) is 20.4. The molecule has 1 aromatic heterocycles. The number of aromatic amines is 1. The van der Waals surface area contributed by atoms with Crippen molar-refractivity contribution in [1.29, 1.82) is 0 Å². The Labute approximate surface area is 168 Å². The van der Waals surface area contributed by atoms with Gasteiger partial charge < -0.3 is 15.0 Å². The maximum Gasteiger partial charge on any atom is 0.255 e. The molecule has 29 heavy (non-hydrogen) atoms. The van der Waals surface area contributed by atoms with E-state index < -0.39 is 6.10 Å². The third-order valence-corrected chi connectivity index (χ3v) is 5.24. The first-order valence-electron chi connectivity index (χ1n) is 9.58. The van der Waals surface area contributed by atoms with Gasteiger partial charge in [0.25, 0.3) is 5.91 Å². The van der Waals surface area contributed by atoms with Gasteiger partial charge in [0, 0.05) is 29.9 Å². The fourth-order valence-electron chi connectivity index (χ4n) is 3.59. The van der Waals surface area contributed by atoms with E-state index in [0.717, 1.165) is 5.56 Å². The summed E-state index contributed by atoms with van der Waals surface area (Å²) in [7, 11) is 1.71. The van der Waals surface area contributed by atoms with E-state index in [2.05, 4.69) is 4.98 Å². The first-order chi connectivity index (χ1) is 14.1. The summed E-state index contributed by atoms with van der Waals surface area (Å²) in [5.41, 5.74) is 2.42. The average Bonchev–Trinajstić information content (AvgIpc) is 2.77. The van der Waals surface area contributed by atoms with Crippen LogP contribution in [0.5, 0.6) is 0 Å². The van der Waals surface area contributed by atoms with Crippen molar-refractivity contribution >= 4 is 27.7 Å². The number of pyridine rings is 1. The second-order valence-corrected chi connectivity index (χ2v) is 7.17. The molecule has 1 atom stereocenters. The highest BCUT2D eigenvalue weighted by atomic mass is 16.3. The Morgan fingerprint density at radius 3 is 2.45 bits per heavy atom. The molecule has 0 saturated heterocycles. The van der Waals surface area contributed by atoms with Crippen LogP contribution < -0.4 is 5.43 Å². The van der Waals surface area contributed by atoms with Gasteiger partial charge in [0.05, 0.1) is 17.2 Å². The number of nitrogens with one attached hydrogen (secondary N) is 1. The Morgan fingerprint density at radius 1 is 0.966 bits per heavy atom. The van der Waals surface area contributed by atoms with Gasteiger partial charge in [0.1, 0.15) is 0 Å². The number of carbonyl (C=O) groups is 1. The van der Waals surface area contributed by atoms with Gasteiger partial charge >= 0.3 is 0 Å². The summed E-state index contributed by atoms with van der Waals surface area (Å²) in [6.45, 7) is 0.392. The standard InChI is InChI=1S/C24H22N2O3/c1-26(15-14-21(27)16-8-3-2-4-9-16)24(29)19-12-7-11-18-22(19)25-20-13-6-5-10-17(20)23(18)28/h2-13,21,27H,14-15H2,1H3,(H,25,28). The molecule has 0 saturated carbocycles. The molecule has 4 rings (SSSR count). The van der Waals surface area contributed by atoms with Gasteiger partial charge in [-0.05, 0) is 36.2 Å². The molecule has 146 valence electrons. The topological polar surface area (TPSA) is 73.4 Å². The van der Waals surface area contributed by atoms with E-state index in [0.29, 0.717) is 40.3 Å². The molecule has 1 unspecified atom stereocenters. The maximum atomic E-state index is 13.1. The minimum atomic E-state index is -0.636. The second-order valence-electron chi connectivity index (χ2n) is 7.17. The number of aliphatic hydroxyl groups is 1. The lowest BCUT2D eigenvalue weighted by Gasteiger charge is -2.20. The molecular weight excluding hydrogens is 364 g/mol. The fourth-order valence-corrected chi connectivity index (χ4v) is 3.59. The van der Waals surface area contributed by atoms with E-state index in [9.17, 15) is 14.7 Å². The van der Waals surface area contributed by atoms with Crippen molar-refractivity contribution in [2.75, 3.05) is 13.6 Å². The van der Waals surface area contributed by atoms with Crippen LogP contribution in [0, 0.1) is 0 Å². The number of aromatic nitrogens is 1. The lowest BCUT2D eigenvalue weighted by molar-refractivity contribution is 0.0763. The summed E-state index contributed by atoms with van der Waals surface area (Å²) >= 11 is 0. The number of fused-ring (bicyclic) bond motifs is 2. The maximum absolute atomic E-state index is 13.1. The smallest absolute Gasteiger partial charge is 0.255 e. The Hall–Kier alpha value is -3.44. The molecule has 0 spiro atoms. The lowest BCUT2D eigenvalue weighted by Crippen LogP contribution is -2.29. The molecule has 5 heteroatoms. The SMILES string of the molecule is CN(CCC(O)c1ccccc1)C(=O)c1cccc2c(=O)c3ccccc3[nH]c12. The highest BCUT2D eigenvalue weighted by Crippen LogP contribution is 2.21. The van der Waals surface area contributed by atoms with Crippen molar-refractivity contribution < 1.29 is 9.90 Å². The number of H-pyrrole nitrogens is 1. The van der Waals surface area contributed by atoms with Gasteiger partial charge in [0.2, 0.25) is 0 Å². The molecule has 0 radical (unpaired) electrons. The Bertz CT molecular complexity index is 1230. The predicted octanol–water partition coefficient (Wildman–Crippen LogP) is 3.88. The summed E-state index contributed by atoms with van der Waals surface area (Å²) < 4.78 is 0. The first kappa shape index (κ1) is 18.9. The van der Waals surface area contributed by atoms with Gasteiger partial charge in [-0.1, -0.05) is 48.5 Å². The number of hydrogen-bond acceptors (Lipinski definition) is 3. The Balaban J connectivity index is 1.62. The molecular formula is C24H22N2O3. The Morgan fingerprint density at radius 2 is 1.66 bits per heavy atom. The van der Waals surface area contributed by atoms with Crippen LogP contribution in [-0.4, -0.2) is 34.5 Å². The largest absolute Gasteiger partial charge is 0.388 e. The van der Waals surface area contributed by atoms with Crippen molar-refractivity contribution in [3.05, 3.63) is 94.1 Å². The van der Waals surface area contributed by atoms with E-state index in [-0.39, 0.29) is 11.3 Å². The number of aliphatic hydroxyl groups excluding tert-OH is 1. The van der Waals surface area contributed by atoms with Crippen LogP contribution in [0.2, 0.25) is 0 Å². The zero-order valence-electron chi connectivity index (χ0n) is 16.1. The monoisotopic (exact) mass is 386 g/mol. The summed E-state index contributed by atoms with van der Waals surface area (Å²) in [6, 6.07) is 21.9. The summed E-state index contributed by atoms with van der Waals surface area (Å²) in [6.07, 6.45) is -0.209. The van der Waals surface area contributed by atoms with Gasteiger partial charge in [-0.15, -0.1) is 0 Å². The van der Waals surface area contributed by atoms with E-state index in [1.54, 1.807) is 36.2 Å². The van der Waals surface area contributed by atoms with Crippen LogP contribution in [0.25, 0.3) is 21.8 Å². The number of hydrogen-bond donors (Lipinski definition) is 2. The van der Waals surface area contributed by atoms with Crippen LogP contribution >= 0.6 is 0 Å². The number of benzene rings is 3. The van der Waals surface area contributed by atoms with E-state index in [4.69, 9.17) is 0 Å². The number of carbonyl (C=O) groups excluding carboxylic acids is 1. The van der Waals surface area contributed by atoms with Gasteiger partial charge in [-0.3, -0.25) is 9.59 Å². The van der Waals surface area contributed by atoms with Crippen LogP contribution in [0.1, 0.15) is 28.4 Å². The van der Waals surface area contributed by atoms with E-state index >= 15 is 0 Å². The highest BCUT2D eigenvalue weighted by Gasteiger charge is 2.18. The van der Waals surface area contributed by atoms with Crippen molar-refractivity contribution in [2.45, 2.75) is 12.5 Å². The molecule has 0 aliphatic rings. The van der Waals surface area contributed by atoms with E-state index in [1.165, 1.54) is 0 Å². The number of nitrogens with zero attached hydrogens (tertiary/aromatic N) is 1. The van der Waals surface area contributed by atoms with Crippen LogP contribution in [0.4, 0.5) is 0 Å². The molecule has 5 nitrogen and oxygen atoms in total. The van der Waals surface area contributed by atoms with Crippen molar-refractivity contribution in [1.82, 2.24) is 9.88 Å². The summed E-state index contributed by atoms with van der Waals surface area (Å²) in [4.78, 5) is 30.7. The van der Waals surface area contributed by atoms with Crippen molar-refractivity contribution in [3.8, 4) is 0 Å². The third-order valence-electron chi connectivity index (χ3n) is 5.24. The minimum absolute atomic E-state index is 0.0915. The second kappa shape index (κ2) is 7.89. The van der Waals surface area contributed by atoms with Gasteiger partial charge in [-0.2, -0.15) is 0 Å². The number of rotatable bonds is 5. The molecule has 4 aromatic rings. The predicted molar refractivity (Wildman–Crippen MR) is 115 cm³/mol. The molecule has 1 heterocycles. The van der Waals surface area contributed by atoms with Gasteiger partial charge in [-0.25, -0.2) is 0 Å². The van der Waals surface area contributed by atoms with Gasteiger partial charge in [0.15, 0.2) is 5.43 Å². The minimum Gasteiger partial charge on any atom is -0.388 e. The highest BCUT2D eigenvalue weighted by molar-refractivity contribution is 6.07. The lowest BCUT2D eigenvalue weighted by atomic mass is 10.0. The zero-order valence-corrected chi connectivity index (χ0v) is 16.1. The average molecular weight is 386 g/mol. The molecule has 0 aliphatic carbocycles. The fraction of sp³-hybridized carbons (Fsp3) is 0.167. The van der Waals surface area contributed by atoms with Crippen LogP contribution in [-0.2, 0) is 0 Å². The van der Waals surface area contributed by atoms with E-state index in [1.807, 2.05) is 48.5 Å². The summed E-state index contributed by atoms with van der Waals surface area (Å²) in [5, 5.41) is 11.5. The van der Waals surface area contributed by atoms with Crippen molar-refractivity contribution in [2.24, 2.45) is 0 Å². The normalized spacial score (nSPS) is 12.2. The first-order valence-corrected chi connectivity index (χ1v) is 9.58. The van der Waals surface area contributed by atoms with Crippen LogP contribution in [0.15, 0.2) is 77.6 Å². The molecule has 1 amide bonds. The molecule has 0 fully saturated rings.